The van der Waals surface area contributed by atoms with Gasteiger partial charge in [0.15, 0.2) is 0 Å². The third-order valence-corrected chi connectivity index (χ3v) is 6.60. The molecule has 1 amide bonds. The zero-order valence-electron chi connectivity index (χ0n) is 20.0. The third-order valence-electron chi connectivity index (χ3n) is 6.29. The molecule has 0 aliphatic heterocycles. The highest BCUT2D eigenvalue weighted by Gasteiger charge is 2.20. The Morgan fingerprint density at radius 1 is 0.838 bits per heavy atom. The summed E-state index contributed by atoms with van der Waals surface area (Å²) in [4.78, 5) is 13.4. The summed E-state index contributed by atoms with van der Waals surface area (Å²) in [5, 5.41) is 8.19. The molecule has 4 aromatic carbocycles. The average Bonchev–Trinajstić information content (AvgIpc) is 3.38. The first-order chi connectivity index (χ1) is 18.1. The highest BCUT2D eigenvalue weighted by atomic mass is 35.5. The van der Waals surface area contributed by atoms with Crippen molar-refractivity contribution in [3.8, 4) is 16.9 Å². The van der Waals surface area contributed by atoms with Crippen molar-refractivity contribution in [2.75, 3.05) is 6.54 Å². The Kier molecular flexibility index (Phi) is 7.43. The van der Waals surface area contributed by atoms with Crippen LogP contribution < -0.4 is 5.32 Å². The molecule has 1 aromatic heterocycles. The Labute approximate surface area is 220 Å². The number of amides is 1. The predicted molar refractivity (Wildman–Crippen MR) is 146 cm³/mol. The third kappa shape index (κ3) is 5.63. The van der Waals surface area contributed by atoms with E-state index in [1.807, 2.05) is 48.5 Å². The van der Waals surface area contributed by atoms with Crippen LogP contribution in [0.15, 0.2) is 115 Å². The van der Waals surface area contributed by atoms with Crippen molar-refractivity contribution in [2.45, 2.75) is 12.3 Å². The summed E-state index contributed by atoms with van der Waals surface area (Å²) < 4.78 is 15.0. The van der Waals surface area contributed by atoms with Gasteiger partial charge in [-0.1, -0.05) is 84.4 Å². The number of hydrogen-bond donors (Lipinski definition) is 1. The van der Waals surface area contributed by atoms with Crippen LogP contribution in [0.4, 0.5) is 4.39 Å². The number of benzene rings is 4. The lowest BCUT2D eigenvalue weighted by atomic mass is 9.88. The van der Waals surface area contributed by atoms with E-state index in [0.717, 1.165) is 6.42 Å². The maximum atomic E-state index is 13.5. The molecule has 0 spiro atoms. The molecule has 0 aliphatic carbocycles. The quantitative estimate of drug-likeness (QED) is 0.239. The fourth-order valence-electron chi connectivity index (χ4n) is 4.43. The van der Waals surface area contributed by atoms with Crippen molar-refractivity contribution in [3.05, 3.63) is 143 Å². The molecule has 0 unspecified atom stereocenters. The van der Waals surface area contributed by atoms with Crippen molar-refractivity contribution in [3.63, 3.8) is 0 Å². The second kappa shape index (κ2) is 11.2. The fourth-order valence-corrected chi connectivity index (χ4v) is 4.64. The summed E-state index contributed by atoms with van der Waals surface area (Å²) in [6, 6.07) is 35.5. The number of rotatable bonds is 8. The SMILES string of the molecule is O=C(NCCC(c1ccccc1)c1ccccc1)c1cc(-c2ccc(F)cc2)nn1-c1ccccc1Cl. The van der Waals surface area contributed by atoms with E-state index >= 15 is 0 Å². The Morgan fingerprint density at radius 2 is 1.43 bits per heavy atom. The number of carbonyl (C=O) groups is 1. The van der Waals surface area contributed by atoms with Gasteiger partial charge < -0.3 is 5.32 Å². The van der Waals surface area contributed by atoms with Crippen LogP contribution in [-0.4, -0.2) is 22.2 Å². The van der Waals surface area contributed by atoms with Crippen LogP contribution in [-0.2, 0) is 0 Å². The second-order valence-electron chi connectivity index (χ2n) is 8.70. The van der Waals surface area contributed by atoms with E-state index in [4.69, 9.17) is 11.6 Å². The molecule has 0 fully saturated rings. The summed E-state index contributed by atoms with van der Waals surface area (Å²) in [6.07, 6.45) is 0.727. The predicted octanol–water partition coefficient (Wildman–Crippen LogP) is 7.28. The number of hydrogen-bond acceptors (Lipinski definition) is 2. The largest absolute Gasteiger partial charge is 0.351 e. The summed E-state index contributed by atoms with van der Waals surface area (Å²) in [5.74, 6) is -0.453. The Bertz CT molecular complexity index is 1440. The van der Waals surface area contributed by atoms with Crippen LogP contribution in [0.5, 0.6) is 0 Å². The minimum absolute atomic E-state index is 0.144. The molecule has 1 heterocycles. The van der Waals surface area contributed by atoms with E-state index in [-0.39, 0.29) is 17.6 Å². The Balaban J connectivity index is 1.41. The van der Waals surface area contributed by atoms with Gasteiger partial charge in [0, 0.05) is 18.0 Å². The molecule has 0 bridgehead atoms. The molecule has 5 rings (SSSR count). The van der Waals surface area contributed by atoms with Crippen molar-refractivity contribution in [2.24, 2.45) is 0 Å². The van der Waals surface area contributed by atoms with E-state index in [1.54, 1.807) is 35.0 Å². The van der Waals surface area contributed by atoms with Crippen molar-refractivity contribution >= 4 is 17.5 Å². The molecule has 0 atom stereocenters. The highest BCUT2D eigenvalue weighted by molar-refractivity contribution is 6.32. The molecular formula is C31H25ClFN3O. The first kappa shape index (κ1) is 24.5. The smallest absolute Gasteiger partial charge is 0.270 e. The van der Waals surface area contributed by atoms with E-state index in [2.05, 4.69) is 34.7 Å². The molecule has 37 heavy (non-hydrogen) atoms. The van der Waals surface area contributed by atoms with E-state index in [0.29, 0.717) is 34.2 Å². The molecule has 6 heteroatoms. The van der Waals surface area contributed by atoms with Crippen LogP contribution in [0.1, 0.15) is 34.0 Å². The number of para-hydroxylation sites is 1. The van der Waals surface area contributed by atoms with E-state index < -0.39 is 0 Å². The molecule has 0 aliphatic rings. The van der Waals surface area contributed by atoms with Crippen LogP contribution in [0, 0.1) is 5.82 Å². The first-order valence-electron chi connectivity index (χ1n) is 12.1. The summed E-state index contributed by atoms with van der Waals surface area (Å²) >= 11 is 6.45. The molecule has 5 aromatic rings. The monoisotopic (exact) mass is 509 g/mol. The van der Waals surface area contributed by atoms with Crippen molar-refractivity contribution in [1.29, 1.82) is 0 Å². The van der Waals surface area contributed by atoms with Gasteiger partial charge in [-0.2, -0.15) is 5.10 Å². The van der Waals surface area contributed by atoms with Gasteiger partial charge in [0.05, 0.1) is 16.4 Å². The molecule has 184 valence electrons. The minimum Gasteiger partial charge on any atom is -0.351 e. The number of halogens is 2. The first-order valence-corrected chi connectivity index (χ1v) is 12.5. The number of carbonyl (C=O) groups excluding carboxylic acids is 1. The zero-order chi connectivity index (χ0) is 25.6. The summed E-state index contributed by atoms with van der Waals surface area (Å²) in [7, 11) is 0. The molecule has 1 N–H and O–H groups in total. The van der Waals surface area contributed by atoms with Crippen LogP contribution in [0.25, 0.3) is 16.9 Å². The van der Waals surface area contributed by atoms with Crippen LogP contribution >= 0.6 is 11.6 Å². The number of nitrogens with zero attached hydrogens (tertiary/aromatic N) is 2. The van der Waals surface area contributed by atoms with E-state index in [1.165, 1.54) is 23.3 Å². The maximum Gasteiger partial charge on any atom is 0.270 e. The van der Waals surface area contributed by atoms with Gasteiger partial charge in [-0.25, -0.2) is 9.07 Å². The lowest BCUT2D eigenvalue weighted by molar-refractivity contribution is 0.0945. The lowest BCUT2D eigenvalue weighted by Crippen LogP contribution is -2.28. The molecular weight excluding hydrogens is 485 g/mol. The standard InChI is InChI=1S/C31H25ClFN3O/c32-27-13-7-8-14-29(27)36-30(21-28(35-36)24-15-17-25(33)18-16-24)31(37)34-20-19-26(22-9-3-1-4-10-22)23-11-5-2-6-12-23/h1-18,21,26H,19-20H2,(H,34,37). The second-order valence-corrected chi connectivity index (χ2v) is 9.11. The molecule has 4 nitrogen and oxygen atoms in total. The van der Waals surface area contributed by atoms with Crippen molar-refractivity contribution < 1.29 is 9.18 Å². The summed E-state index contributed by atoms with van der Waals surface area (Å²) in [6.45, 7) is 0.465. The van der Waals surface area contributed by atoms with Gasteiger partial charge in [0.25, 0.3) is 5.91 Å². The normalized spacial score (nSPS) is 11.0. The number of aromatic nitrogens is 2. The minimum atomic E-state index is -0.335. The fraction of sp³-hybridized carbons (Fsp3) is 0.0968. The average molecular weight is 510 g/mol. The molecule has 0 saturated carbocycles. The Morgan fingerprint density at radius 3 is 2.05 bits per heavy atom. The van der Waals surface area contributed by atoms with Crippen molar-refractivity contribution in [1.82, 2.24) is 15.1 Å². The van der Waals surface area contributed by atoms with Gasteiger partial charge in [-0.3, -0.25) is 4.79 Å². The lowest BCUT2D eigenvalue weighted by Gasteiger charge is -2.18. The topological polar surface area (TPSA) is 46.9 Å². The van der Waals surface area contributed by atoms with Gasteiger partial charge in [0.2, 0.25) is 0 Å². The Hall–Kier alpha value is -4.22. The highest BCUT2D eigenvalue weighted by Crippen LogP contribution is 2.28. The summed E-state index contributed by atoms with van der Waals surface area (Å²) in [5.41, 5.74) is 4.59. The van der Waals surface area contributed by atoms with Gasteiger partial charge in [-0.05, 0) is 60.0 Å². The van der Waals surface area contributed by atoms with Gasteiger partial charge in [0.1, 0.15) is 11.5 Å². The van der Waals surface area contributed by atoms with Gasteiger partial charge >= 0.3 is 0 Å². The van der Waals surface area contributed by atoms with E-state index in [9.17, 15) is 9.18 Å². The number of nitrogens with one attached hydrogen (secondary N) is 1. The molecule has 0 radical (unpaired) electrons. The van der Waals surface area contributed by atoms with Crippen LogP contribution in [0.3, 0.4) is 0 Å². The molecule has 0 saturated heterocycles. The zero-order valence-corrected chi connectivity index (χ0v) is 20.8. The van der Waals surface area contributed by atoms with Gasteiger partial charge in [-0.15, -0.1) is 0 Å². The maximum absolute atomic E-state index is 13.5. The van der Waals surface area contributed by atoms with Crippen LogP contribution in [0.2, 0.25) is 5.02 Å².